The Labute approximate surface area is 76.1 Å². The quantitative estimate of drug-likeness (QED) is 0.412. The van der Waals surface area contributed by atoms with Crippen molar-refractivity contribution in [1.29, 1.82) is 0 Å². The van der Waals surface area contributed by atoms with Crippen LogP contribution in [0, 0.1) is 0 Å². The number of ether oxygens (including phenoxy) is 1. The van der Waals surface area contributed by atoms with Crippen molar-refractivity contribution in [2.24, 2.45) is 0 Å². The number of ketones is 2. The molecule has 0 aromatic rings. The van der Waals surface area contributed by atoms with Crippen LogP contribution in [0.15, 0.2) is 23.5 Å². The molecule has 1 unspecified atom stereocenters. The lowest BCUT2D eigenvalue weighted by Gasteiger charge is -2.25. The highest BCUT2D eigenvalue weighted by atomic mass is 16.5. The first-order valence-corrected chi connectivity index (χ1v) is 4.35. The highest BCUT2D eigenvalue weighted by molar-refractivity contribution is 6.48. The molecule has 0 fully saturated rings. The van der Waals surface area contributed by atoms with Crippen LogP contribution in [-0.2, 0) is 14.3 Å². The normalized spacial score (nSPS) is 27.3. The monoisotopic (exact) mass is 178 g/mol. The van der Waals surface area contributed by atoms with Gasteiger partial charge in [0.25, 0.3) is 0 Å². The van der Waals surface area contributed by atoms with Gasteiger partial charge in [0.2, 0.25) is 11.6 Å². The molecule has 1 aliphatic heterocycles. The molecule has 0 radical (unpaired) electrons. The summed E-state index contributed by atoms with van der Waals surface area (Å²) in [5.74, 6) is -0.246. The van der Waals surface area contributed by atoms with E-state index in [4.69, 9.17) is 4.74 Å². The lowest BCUT2D eigenvalue weighted by atomic mass is 9.93. The molecule has 2 aliphatic rings. The van der Waals surface area contributed by atoms with E-state index in [1.807, 2.05) is 6.92 Å². The second-order valence-electron chi connectivity index (χ2n) is 3.34. The maximum atomic E-state index is 11.3. The van der Waals surface area contributed by atoms with Crippen LogP contribution in [-0.4, -0.2) is 17.7 Å². The molecule has 0 aromatic heterocycles. The molecule has 2 rings (SSSR count). The van der Waals surface area contributed by atoms with Crippen LogP contribution < -0.4 is 0 Å². The molecule has 1 aliphatic carbocycles. The van der Waals surface area contributed by atoms with Gasteiger partial charge in [0.15, 0.2) is 0 Å². The van der Waals surface area contributed by atoms with Gasteiger partial charge in [-0.05, 0) is 31.9 Å². The fourth-order valence-electron chi connectivity index (χ4n) is 1.56. The molecule has 0 aromatic carbocycles. The van der Waals surface area contributed by atoms with Gasteiger partial charge in [-0.15, -0.1) is 0 Å². The molecule has 3 nitrogen and oxygen atoms in total. The third kappa shape index (κ3) is 1.30. The molecule has 68 valence electrons. The number of carbonyl (C=O) groups excluding carboxylic acids is 2. The maximum absolute atomic E-state index is 11.3. The Kier molecular flexibility index (Phi) is 1.79. The van der Waals surface area contributed by atoms with Crippen molar-refractivity contribution < 1.29 is 14.3 Å². The van der Waals surface area contributed by atoms with Crippen molar-refractivity contribution in [3.8, 4) is 0 Å². The topological polar surface area (TPSA) is 43.4 Å². The van der Waals surface area contributed by atoms with Crippen LogP contribution in [0.25, 0.3) is 0 Å². The SMILES string of the molecule is CC1CCC2=C(C=CC(=O)C2=O)O1. The van der Waals surface area contributed by atoms with Gasteiger partial charge in [-0.25, -0.2) is 0 Å². The Hall–Kier alpha value is -1.38. The summed E-state index contributed by atoms with van der Waals surface area (Å²) in [5.41, 5.74) is 0.547. The molecular formula is C10H10O3. The Morgan fingerprint density at radius 2 is 2.15 bits per heavy atom. The molecule has 0 N–H and O–H groups in total. The third-order valence-electron chi connectivity index (χ3n) is 2.31. The fraction of sp³-hybridized carbons (Fsp3) is 0.400. The van der Waals surface area contributed by atoms with Gasteiger partial charge in [-0.1, -0.05) is 0 Å². The number of allylic oxidation sites excluding steroid dienone is 3. The Bertz CT molecular complexity index is 336. The number of hydrogen-bond donors (Lipinski definition) is 0. The minimum atomic E-state index is -0.433. The zero-order valence-electron chi connectivity index (χ0n) is 7.37. The van der Waals surface area contributed by atoms with Gasteiger partial charge in [-0.2, -0.15) is 0 Å². The number of hydrogen-bond acceptors (Lipinski definition) is 3. The summed E-state index contributed by atoms with van der Waals surface area (Å²) in [4.78, 5) is 22.3. The molecule has 1 atom stereocenters. The molecule has 0 saturated heterocycles. The van der Waals surface area contributed by atoms with Gasteiger partial charge in [0.05, 0.1) is 6.10 Å². The summed E-state index contributed by atoms with van der Waals surface area (Å²) in [6, 6.07) is 0. The Morgan fingerprint density at radius 3 is 2.92 bits per heavy atom. The minimum Gasteiger partial charge on any atom is -0.490 e. The van der Waals surface area contributed by atoms with Gasteiger partial charge >= 0.3 is 0 Å². The molecule has 0 amide bonds. The van der Waals surface area contributed by atoms with Gasteiger partial charge in [0.1, 0.15) is 5.76 Å². The second-order valence-corrected chi connectivity index (χ2v) is 3.34. The Morgan fingerprint density at radius 1 is 1.38 bits per heavy atom. The lowest BCUT2D eigenvalue weighted by Crippen LogP contribution is -2.25. The average Bonchev–Trinajstić information content (AvgIpc) is 2.12. The van der Waals surface area contributed by atoms with Crippen molar-refractivity contribution in [3.05, 3.63) is 23.5 Å². The second kappa shape index (κ2) is 2.83. The number of rotatable bonds is 0. The first kappa shape index (κ1) is 8.23. The van der Waals surface area contributed by atoms with E-state index >= 15 is 0 Å². The van der Waals surface area contributed by atoms with Crippen LogP contribution in [0.2, 0.25) is 0 Å². The average molecular weight is 178 g/mol. The summed E-state index contributed by atoms with van der Waals surface area (Å²) in [5, 5.41) is 0. The zero-order valence-corrected chi connectivity index (χ0v) is 7.37. The van der Waals surface area contributed by atoms with E-state index in [0.717, 1.165) is 6.42 Å². The highest BCUT2D eigenvalue weighted by Crippen LogP contribution is 2.27. The minimum absolute atomic E-state index is 0.143. The van der Waals surface area contributed by atoms with E-state index in [1.54, 1.807) is 6.08 Å². The van der Waals surface area contributed by atoms with Crippen molar-refractivity contribution >= 4 is 11.6 Å². The molecule has 3 heteroatoms. The summed E-state index contributed by atoms with van der Waals surface area (Å²) in [7, 11) is 0. The third-order valence-corrected chi connectivity index (χ3v) is 2.31. The first-order chi connectivity index (χ1) is 6.18. The molecule has 13 heavy (non-hydrogen) atoms. The van der Waals surface area contributed by atoms with E-state index in [-0.39, 0.29) is 6.10 Å². The summed E-state index contributed by atoms with van der Waals surface area (Å²) in [6.07, 6.45) is 4.48. The van der Waals surface area contributed by atoms with Crippen LogP contribution >= 0.6 is 0 Å². The fourth-order valence-corrected chi connectivity index (χ4v) is 1.56. The number of carbonyl (C=O) groups is 2. The zero-order chi connectivity index (χ0) is 9.42. The first-order valence-electron chi connectivity index (χ1n) is 4.35. The Balaban J connectivity index is 2.36. The molecular weight excluding hydrogens is 168 g/mol. The maximum Gasteiger partial charge on any atom is 0.232 e. The van der Waals surface area contributed by atoms with Crippen LogP contribution in [0.3, 0.4) is 0 Å². The van der Waals surface area contributed by atoms with Crippen LogP contribution in [0.5, 0.6) is 0 Å². The van der Waals surface area contributed by atoms with Crippen LogP contribution in [0.4, 0.5) is 0 Å². The molecule has 0 saturated carbocycles. The molecule has 0 bridgehead atoms. The van der Waals surface area contributed by atoms with E-state index in [9.17, 15) is 9.59 Å². The smallest absolute Gasteiger partial charge is 0.232 e. The van der Waals surface area contributed by atoms with E-state index in [2.05, 4.69) is 0 Å². The van der Waals surface area contributed by atoms with Gasteiger partial charge < -0.3 is 4.74 Å². The van der Waals surface area contributed by atoms with Crippen molar-refractivity contribution in [2.45, 2.75) is 25.9 Å². The number of Topliss-reactive ketones (excluding diaryl/α,β-unsaturated/α-hetero) is 1. The predicted octanol–water partition coefficient (Wildman–Crippen LogP) is 1.15. The molecule has 0 spiro atoms. The summed E-state index contributed by atoms with van der Waals surface area (Å²) in [6.45, 7) is 1.96. The predicted molar refractivity (Wildman–Crippen MR) is 46.0 cm³/mol. The van der Waals surface area contributed by atoms with Gasteiger partial charge in [0, 0.05) is 5.57 Å². The highest BCUT2D eigenvalue weighted by Gasteiger charge is 2.28. The summed E-state index contributed by atoms with van der Waals surface area (Å²) >= 11 is 0. The van der Waals surface area contributed by atoms with Gasteiger partial charge in [-0.3, -0.25) is 9.59 Å². The van der Waals surface area contributed by atoms with Crippen molar-refractivity contribution in [3.63, 3.8) is 0 Å². The molecule has 1 heterocycles. The lowest BCUT2D eigenvalue weighted by molar-refractivity contribution is -0.132. The van der Waals surface area contributed by atoms with E-state index < -0.39 is 11.6 Å². The summed E-state index contributed by atoms with van der Waals surface area (Å²) < 4.78 is 5.43. The van der Waals surface area contributed by atoms with E-state index in [1.165, 1.54) is 6.08 Å². The van der Waals surface area contributed by atoms with Crippen molar-refractivity contribution in [1.82, 2.24) is 0 Å². The largest absolute Gasteiger partial charge is 0.490 e. The van der Waals surface area contributed by atoms with Crippen molar-refractivity contribution in [2.75, 3.05) is 0 Å². The van der Waals surface area contributed by atoms with Crippen LogP contribution in [0.1, 0.15) is 19.8 Å². The standard InChI is InChI=1S/C10H10O3/c1-6-2-3-7-9(13-6)5-4-8(11)10(7)12/h4-6H,2-3H2,1H3. The van der Waals surface area contributed by atoms with E-state index in [0.29, 0.717) is 17.8 Å².